The van der Waals surface area contributed by atoms with Gasteiger partial charge in [-0.3, -0.25) is 0 Å². The molecule has 3 aliphatic heterocycles. The SMILES string of the molecule is O=C1N=C(C2CCCCC2)c2c3ccnc-3ncn21. The first-order valence-electron chi connectivity index (χ1n) is 6.80. The minimum Gasteiger partial charge on any atom is -0.248 e. The van der Waals surface area contributed by atoms with Crippen LogP contribution in [0.4, 0.5) is 4.79 Å². The molecule has 0 bridgehead atoms. The van der Waals surface area contributed by atoms with Gasteiger partial charge in [0.2, 0.25) is 0 Å². The van der Waals surface area contributed by atoms with E-state index in [1.807, 2.05) is 6.07 Å². The molecule has 4 rings (SSSR count). The van der Waals surface area contributed by atoms with Crippen LogP contribution >= 0.6 is 0 Å². The Morgan fingerprint density at radius 2 is 2.00 bits per heavy atom. The maximum atomic E-state index is 12.0. The first-order valence-corrected chi connectivity index (χ1v) is 6.80. The van der Waals surface area contributed by atoms with Gasteiger partial charge in [-0.2, -0.15) is 4.99 Å². The summed E-state index contributed by atoms with van der Waals surface area (Å²) in [5.41, 5.74) is 2.81. The van der Waals surface area contributed by atoms with E-state index < -0.39 is 0 Å². The number of nitrogens with zero attached hydrogens (tertiary/aromatic N) is 4. The van der Waals surface area contributed by atoms with E-state index in [9.17, 15) is 4.79 Å². The maximum absolute atomic E-state index is 12.0. The highest BCUT2D eigenvalue weighted by atomic mass is 16.2. The number of carbonyl (C=O) groups excluding carboxylic acids is 1. The van der Waals surface area contributed by atoms with Crippen molar-refractivity contribution in [2.45, 2.75) is 32.1 Å². The van der Waals surface area contributed by atoms with Crippen molar-refractivity contribution in [3.05, 3.63) is 24.3 Å². The van der Waals surface area contributed by atoms with Crippen molar-refractivity contribution in [3.8, 4) is 11.4 Å². The van der Waals surface area contributed by atoms with E-state index in [2.05, 4.69) is 15.0 Å². The van der Waals surface area contributed by atoms with Crippen LogP contribution in [0.15, 0.2) is 23.6 Å². The number of fused-ring (bicyclic) bond motifs is 3. The Bertz CT molecular complexity index is 652. The van der Waals surface area contributed by atoms with Crippen LogP contribution in [0.1, 0.15) is 37.8 Å². The summed E-state index contributed by atoms with van der Waals surface area (Å²) < 4.78 is 1.56. The van der Waals surface area contributed by atoms with Gasteiger partial charge < -0.3 is 0 Å². The van der Waals surface area contributed by atoms with Gasteiger partial charge in [-0.1, -0.05) is 19.3 Å². The molecule has 96 valence electrons. The largest absolute Gasteiger partial charge is 0.353 e. The first kappa shape index (κ1) is 10.8. The second kappa shape index (κ2) is 3.98. The molecule has 0 N–H and O–H groups in total. The molecule has 3 heterocycles. The number of aromatic nitrogens is 3. The standard InChI is InChI=1S/C14H14N4O/c19-14-17-11(9-4-2-1-3-5-9)12-10-6-7-15-13(10)16-8-18(12)14/h6-9H,1-5H2. The van der Waals surface area contributed by atoms with Gasteiger partial charge in [0.25, 0.3) is 0 Å². The number of hydrogen-bond donors (Lipinski definition) is 0. The summed E-state index contributed by atoms with van der Waals surface area (Å²) in [4.78, 5) is 24.7. The summed E-state index contributed by atoms with van der Waals surface area (Å²) >= 11 is 0. The fourth-order valence-corrected chi connectivity index (χ4v) is 3.19. The highest BCUT2D eigenvalue weighted by Crippen LogP contribution is 2.34. The fraction of sp³-hybridized carbons (Fsp3) is 0.429. The second-order valence-electron chi connectivity index (χ2n) is 5.26. The lowest BCUT2D eigenvalue weighted by Crippen LogP contribution is -2.20. The Morgan fingerprint density at radius 1 is 1.16 bits per heavy atom. The molecule has 0 spiro atoms. The molecule has 1 amide bonds. The van der Waals surface area contributed by atoms with Crippen LogP contribution in [0.2, 0.25) is 0 Å². The van der Waals surface area contributed by atoms with E-state index in [0.717, 1.165) is 29.8 Å². The smallest absolute Gasteiger partial charge is 0.248 e. The van der Waals surface area contributed by atoms with Crippen molar-refractivity contribution < 1.29 is 4.79 Å². The lowest BCUT2D eigenvalue weighted by molar-refractivity contribution is 0.251. The molecule has 1 fully saturated rings. The molecule has 4 aliphatic rings. The molecule has 19 heavy (non-hydrogen) atoms. The van der Waals surface area contributed by atoms with E-state index >= 15 is 0 Å². The van der Waals surface area contributed by atoms with Crippen LogP contribution in [-0.4, -0.2) is 26.3 Å². The summed E-state index contributed by atoms with van der Waals surface area (Å²) in [6, 6.07) is 1.71. The van der Waals surface area contributed by atoms with Crippen LogP contribution in [0.3, 0.4) is 0 Å². The van der Waals surface area contributed by atoms with Crippen molar-refractivity contribution in [3.63, 3.8) is 0 Å². The molecule has 1 aliphatic carbocycles. The highest BCUT2D eigenvalue weighted by Gasteiger charge is 2.32. The molecule has 1 saturated carbocycles. The van der Waals surface area contributed by atoms with Gasteiger partial charge in [0.1, 0.15) is 6.33 Å². The van der Waals surface area contributed by atoms with Gasteiger partial charge in [0, 0.05) is 17.7 Å². The lowest BCUT2D eigenvalue weighted by atomic mass is 9.84. The molecule has 0 radical (unpaired) electrons. The predicted molar refractivity (Wildman–Crippen MR) is 70.6 cm³/mol. The molecule has 0 unspecified atom stereocenters. The zero-order valence-corrected chi connectivity index (χ0v) is 10.5. The van der Waals surface area contributed by atoms with Gasteiger partial charge in [-0.25, -0.2) is 19.3 Å². The average Bonchev–Trinajstić information content (AvgIpc) is 3.04. The Hall–Kier alpha value is -2.04. The van der Waals surface area contributed by atoms with Crippen molar-refractivity contribution in [2.24, 2.45) is 10.9 Å². The van der Waals surface area contributed by atoms with Crippen LogP contribution in [0.5, 0.6) is 0 Å². The number of aliphatic imine (C=N–C) groups is 1. The molecule has 5 nitrogen and oxygen atoms in total. The molecule has 0 atom stereocenters. The van der Waals surface area contributed by atoms with E-state index in [-0.39, 0.29) is 6.03 Å². The van der Waals surface area contributed by atoms with Crippen LogP contribution in [0, 0.1) is 5.92 Å². The minimum atomic E-state index is -0.217. The minimum absolute atomic E-state index is 0.217. The van der Waals surface area contributed by atoms with E-state index in [1.165, 1.54) is 19.3 Å². The zero-order valence-electron chi connectivity index (χ0n) is 10.5. The number of rotatable bonds is 1. The quantitative estimate of drug-likeness (QED) is 0.786. The topological polar surface area (TPSA) is 60.1 Å². The van der Waals surface area contributed by atoms with Crippen LogP contribution < -0.4 is 0 Å². The van der Waals surface area contributed by atoms with Crippen molar-refractivity contribution >= 4 is 11.7 Å². The maximum Gasteiger partial charge on any atom is 0.353 e. The van der Waals surface area contributed by atoms with E-state index in [0.29, 0.717) is 11.7 Å². The van der Waals surface area contributed by atoms with Crippen LogP contribution in [-0.2, 0) is 0 Å². The fourth-order valence-electron chi connectivity index (χ4n) is 3.19. The Kier molecular flexibility index (Phi) is 2.27. The number of hydrogen-bond acceptors (Lipinski definition) is 3. The third kappa shape index (κ3) is 1.54. The first-order chi connectivity index (χ1) is 9.34. The molecule has 0 aromatic rings. The van der Waals surface area contributed by atoms with Crippen molar-refractivity contribution in [1.29, 1.82) is 0 Å². The van der Waals surface area contributed by atoms with Crippen molar-refractivity contribution in [2.75, 3.05) is 0 Å². The number of amides is 1. The normalized spacial score (nSPS) is 19.8. The second-order valence-corrected chi connectivity index (χ2v) is 5.26. The summed E-state index contributed by atoms with van der Waals surface area (Å²) in [6.45, 7) is 0. The van der Waals surface area contributed by atoms with Gasteiger partial charge in [-0.15, -0.1) is 0 Å². The van der Waals surface area contributed by atoms with Crippen molar-refractivity contribution in [1.82, 2.24) is 14.5 Å². The Balaban J connectivity index is 1.86. The van der Waals surface area contributed by atoms with Gasteiger partial charge >= 0.3 is 6.03 Å². The lowest BCUT2D eigenvalue weighted by Gasteiger charge is -2.22. The van der Waals surface area contributed by atoms with Gasteiger partial charge in [-0.05, 0) is 18.9 Å². The predicted octanol–water partition coefficient (Wildman–Crippen LogP) is 2.73. The third-order valence-electron chi connectivity index (χ3n) is 4.13. The molecule has 5 heteroatoms. The Labute approximate surface area is 110 Å². The molecule has 0 aromatic heterocycles. The van der Waals surface area contributed by atoms with Gasteiger partial charge in [0.15, 0.2) is 5.82 Å². The summed E-state index contributed by atoms with van der Waals surface area (Å²) in [5.74, 6) is 1.11. The molecular formula is C14H14N4O. The third-order valence-corrected chi connectivity index (χ3v) is 4.13. The van der Waals surface area contributed by atoms with E-state index in [1.54, 1.807) is 17.1 Å². The Morgan fingerprint density at radius 3 is 2.84 bits per heavy atom. The molecule has 0 aromatic carbocycles. The summed E-state index contributed by atoms with van der Waals surface area (Å²) in [6.07, 6.45) is 9.29. The zero-order chi connectivity index (χ0) is 12.8. The average molecular weight is 254 g/mol. The number of carbonyl (C=O) groups is 1. The monoisotopic (exact) mass is 254 g/mol. The summed E-state index contributed by atoms with van der Waals surface area (Å²) in [5, 5.41) is 0. The highest BCUT2D eigenvalue weighted by molar-refractivity contribution is 6.16. The van der Waals surface area contributed by atoms with E-state index in [4.69, 9.17) is 0 Å². The van der Waals surface area contributed by atoms with Crippen LogP contribution in [0.25, 0.3) is 11.4 Å². The molecule has 0 saturated heterocycles. The van der Waals surface area contributed by atoms with Gasteiger partial charge in [0.05, 0.1) is 11.4 Å². The summed E-state index contributed by atoms with van der Waals surface area (Å²) in [7, 11) is 0. The molecular weight excluding hydrogens is 240 g/mol.